The van der Waals surface area contributed by atoms with Gasteiger partial charge in [0.05, 0.1) is 12.7 Å². The summed E-state index contributed by atoms with van der Waals surface area (Å²) in [6, 6.07) is 13.3. The summed E-state index contributed by atoms with van der Waals surface area (Å²) in [5, 5.41) is 0. The van der Waals surface area contributed by atoms with Gasteiger partial charge in [-0.25, -0.2) is 4.98 Å². The zero-order valence-electron chi connectivity index (χ0n) is 18.6. The van der Waals surface area contributed by atoms with Crippen LogP contribution in [0.5, 0.6) is 5.75 Å². The first-order valence-electron chi connectivity index (χ1n) is 10.5. The Morgan fingerprint density at radius 2 is 1.70 bits per heavy atom. The quantitative estimate of drug-likeness (QED) is 0.459. The minimum absolute atomic E-state index is 0.00791. The van der Waals surface area contributed by atoms with Crippen molar-refractivity contribution in [3.8, 4) is 5.75 Å². The molecule has 174 valence electrons. The average molecular weight is 458 g/mol. The van der Waals surface area contributed by atoms with Gasteiger partial charge in [-0.3, -0.25) is 9.59 Å². The minimum atomic E-state index is -4.42. The summed E-state index contributed by atoms with van der Waals surface area (Å²) in [7, 11) is 1.57. The van der Waals surface area contributed by atoms with Crippen LogP contribution >= 0.6 is 0 Å². The lowest BCUT2D eigenvalue weighted by Gasteiger charge is -2.21. The van der Waals surface area contributed by atoms with Crippen molar-refractivity contribution >= 4 is 5.78 Å². The molecule has 0 aliphatic heterocycles. The molecule has 0 unspecified atom stereocenters. The Hall–Kier alpha value is -3.42. The highest BCUT2D eigenvalue weighted by Gasteiger charge is 2.30. The van der Waals surface area contributed by atoms with Gasteiger partial charge in [-0.15, -0.1) is 0 Å². The topological polar surface area (TPSA) is 72.0 Å². The fourth-order valence-corrected chi connectivity index (χ4v) is 3.63. The van der Waals surface area contributed by atoms with Gasteiger partial charge in [0.25, 0.3) is 5.56 Å². The van der Waals surface area contributed by atoms with Crippen LogP contribution in [-0.4, -0.2) is 22.9 Å². The number of H-pyrrole nitrogens is 1. The number of carbonyl (C=O) groups is 1. The van der Waals surface area contributed by atoms with Crippen molar-refractivity contribution in [3.63, 3.8) is 0 Å². The van der Waals surface area contributed by atoms with Crippen molar-refractivity contribution in [1.29, 1.82) is 0 Å². The average Bonchev–Trinajstić information content (AvgIpc) is 2.76. The number of aromatic nitrogens is 2. The van der Waals surface area contributed by atoms with Crippen molar-refractivity contribution < 1.29 is 22.7 Å². The molecule has 0 amide bonds. The molecule has 3 aromatic rings. The molecule has 33 heavy (non-hydrogen) atoms. The lowest BCUT2D eigenvalue weighted by Crippen LogP contribution is -2.19. The normalized spacial score (nSPS) is 12.6. The number of methoxy groups -OCH3 is 1. The number of hydrogen-bond acceptors (Lipinski definition) is 4. The molecule has 0 aliphatic rings. The molecule has 3 rings (SSSR count). The fourth-order valence-electron chi connectivity index (χ4n) is 3.63. The van der Waals surface area contributed by atoms with Crippen molar-refractivity contribution in [2.75, 3.05) is 7.11 Å². The van der Waals surface area contributed by atoms with Gasteiger partial charge in [0.1, 0.15) is 17.3 Å². The van der Waals surface area contributed by atoms with E-state index in [9.17, 15) is 22.8 Å². The second-order valence-corrected chi connectivity index (χ2v) is 8.20. The van der Waals surface area contributed by atoms with E-state index in [0.717, 1.165) is 23.8 Å². The third-order valence-corrected chi connectivity index (χ3v) is 5.48. The monoisotopic (exact) mass is 458 g/mol. The predicted octanol–water partition coefficient (Wildman–Crippen LogP) is 5.40. The molecule has 5 nitrogen and oxygen atoms in total. The Morgan fingerprint density at radius 3 is 2.24 bits per heavy atom. The van der Waals surface area contributed by atoms with Crippen molar-refractivity contribution in [3.05, 3.63) is 93.2 Å². The first-order chi connectivity index (χ1) is 15.6. The number of carbonyl (C=O) groups excluding carboxylic acids is 1. The Morgan fingerprint density at radius 1 is 1.06 bits per heavy atom. The van der Waals surface area contributed by atoms with Crippen molar-refractivity contribution in [2.45, 2.75) is 38.8 Å². The van der Waals surface area contributed by atoms with E-state index in [1.54, 1.807) is 19.2 Å². The van der Waals surface area contributed by atoms with Gasteiger partial charge < -0.3 is 9.72 Å². The highest BCUT2D eigenvalue weighted by Crippen LogP contribution is 2.33. The van der Waals surface area contributed by atoms with Gasteiger partial charge in [-0.1, -0.05) is 38.1 Å². The Kier molecular flexibility index (Phi) is 7.36. The predicted molar refractivity (Wildman–Crippen MR) is 119 cm³/mol. The third kappa shape index (κ3) is 6.31. The molecule has 1 atom stereocenters. The maximum absolute atomic E-state index is 13.0. The molecule has 0 bridgehead atoms. The highest BCUT2D eigenvalue weighted by atomic mass is 19.4. The Labute approximate surface area is 189 Å². The van der Waals surface area contributed by atoms with Crippen molar-refractivity contribution in [1.82, 2.24) is 9.97 Å². The summed E-state index contributed by atoms with van der Waals surface area (Å²) < 4.78 is 43.8. The Balaban J connectivity index is 1.80. The fraction of sp³-hybridized carbons (Fsp3) is 0.320. The summed E-state index contributed by atoms with van der Waals surface area (Å²) in [6.45, 7) is 3.80. The van der Waals surface area contributed by atoms with Crippen LogP contribution in [0.4, 0.5) is 13.2 Å². The molecule has 1 aromatic heterocycles. The molecule has 0 saturated carbocycles. The third-order valence-electron chi connectivity index (χ3n) is 5.48. The summed E-state index contributed by atoms with van der Waals surface area (Å²) in [5.41, 5.74) is 0.384. The number of Topliss-reactive ketones (excluding diaryl/α,β-unsaturated/α-hetero) is 1. The standard InChI is InChI=1S/C25H25F3N2O3/c1-15(2)20(17-6-8-18(9-7-17)25(26,27)28)13-22(31)21-14-24(32)30-23(29-21)12-16-4-10-19(33-3)11-5-16/h4-11,14-15,20H,12-13H2,1-3H3,(H,29,30,32)/t20-/m1/s1. The molecular formula is C25H25F3N2O3. The number of hydrogen-bond donors (Lipinski definition) is 1. The molecule has 0 aliphatic carbocycles. The second-order valence-electron chi connectivity index (χ2n) is 8.20. The molecule has 2 aromatic carbocycles. The van der Waals surface area contributed by atoms with Crippen LogP contribution in [0.3, 0.4) is 0 Å². The SMILES string of the molecule is COc1ccc(Cc2nc(C(=O)C[C@@H](c3ccc(C(F)(F)F)cc3)C(C)C)cc(=O)[nH]2)cc1. The molecule has 0 saturated heterocycles. The van der Waals surface area contributed by atoms with E-state index >= 15 is 0 Å². The van der Waals surface area contributed by atoms with Crippen LogP contribution < -0.4 is 10.3 Å². The number of benzene rings is 2. The van der Waals surface area contributed by atoms with Crippen LogP contribution in [0.1, 0.15) is 59.2 Å². The number of ether oxygens (including phenoxy) is 1. The van der Waals surface area contributed by atoms with E-state index in [-0.39, 0.29) is 29.7 Å². The molecule has 1 heterocycles. The van der Waals surface area contributed by atoms with Gasteiger partial charge in [-0.2, -0.15) is 13.2 Å². The summed E-state index contributed by atoms with van der Waals surface area (Å²) in [4.78, 5) is 32.1. The number of alkyl halides is 3. The molecule has 0 fully saturated rings. The van der Waals surface area contributed by atoms with Crippen LogP contribution in [0.2, 0.25) is 0 Å². The number of nitrogens with one attached hydrogen (secondary N) is 1. The minimum Gasteiger partial charge on any atom is -0.497 e. The molecule has 0 radical (unpaired) electrons. The first kappa shape index (κ1) is 24.2. The smallest absolute Gasteiger partial charge is 0.416 e. The van der Waals surface area contributed by atoms with E-state index in [1.807, 2.05) is 26.0 Å². The van der Waals surface area contributed by atoms with E-state index in [4.69, 9.17) is 4.74 Å². The number of rotatable bonds is 8. The summed E-state index contributed by atoms with van der Waals surface area (Å²) in [6.07, 6.45) is -4.06. The molecule has 1 N–H and O–H groups in total. The van der Waals surface area contributed by atoms with Crippen LogP contribution in [0, 0.1) is 5.92 Å². The summed E-state index contributed by atoms with van der Waals surface area (Å²) >= 11 is 0. The zero-order chi connectivity index (χ0) is 24.2. The van der Waals surface area contributed by atoms with Gasteiger partial charge in [0.2, 0.25) is 0 Å². The molecule has 0 spiro atoms. The number of halogens is 3. The number of nitrogens with zero attached hydrogens (tertiary/aromatic N) is 1. The van der Waals surface area contributed by atoms with Gasteiger partial charge >= 0.3 is 6.18 Å². The van der Waals surface area contributed by atoms with E-state index in [2.05, 4.69) is 9.97 Å². The maximum atomic E-state index is 13.0. The van der Waals surface area contributed by atoms with Crippen LogP contribution in [0.15, 0.2) is 59.4 Å². The largest absolute Gasteiger partial charge is 0.497 e. The summed E-state index contributed by atoms with van der Waals surface area (Å²) in [5.74, 6) is 0.395. The Bertz CT molecular complexity index is 1150. The van der Waals surface area contributed by atoms with Gasteiger partial charge in [0.15, 0.2) is 5.78 Å². The van der Waals surface area contributed by atoms with E-state index in [1.165, 1.54) is 12.1 Å². The van der Waals surface area contributed by atoms with Crippen molar-refractivity contribution in [2.24, 2.45) is 5.92 Å². The lowest BCUT2D eigenvalue weighted by molar-refractivity contribution is -0.137. The highest BCUT2D eigenvalue weighted by molar-refractivity contribution is 5.94. The van der Waals surface area contributed by atoms with Crippen LogP contribution in [-0.2, 0) is 12.6 Å². The number of aromatic amines is 1. The first-order valence-corrected chi connectivity index (χ1v) is 10.5. The van der Waals surface area contributed by atoms with E-state index < -0.39 is 17.3 Å². The molecule has 8 heteroatoms. The zero-order valence-corrected chi connectivity index (χ0v) is 18.6. The molecular weight excluding hydrogens is 433 g/mol. The number of ketones is 1. The van der Waals surface area contributed by atoms with E-state index in [0.29, 0.717) is 23.6 Å². The van der Waals surface area contributed by atoms with Crippen LogP contribution in [0.25, 0.3) is 0 Å². The lowest BCUT2D eigenvalue weighted by atomic mass is 9.83. The second kappa shape index (κ2) is 10.0. The van der Waals surface area contributed by atoms with Gasteiger partial charge in [-0.05, 0) is 47.2 Å². The van der Waals surface area contributed by atoms with Gasteiger partial charge in [0, 0.05) is 18.9 Å². The maximum Gasteiger partial charge on any atom is 0.416 e.